The van der Waals surface area contributed by atoms with Crippen molar-refractivity contribution in [3.63, 3.8) is 0 Å². The summed E-state index contributed by atoms with van der Waals surface area (Å²) >= 11 is 3.24. The van der Waals surface area contributed by atoms with Gasteiger partial charge in [-0.3, -0.25) is 0 Å². The van der Waals surface area contributed by atoms with Gasteiger partial charge < -0.3 is 14.4 Å². The Balaban J connectivity index is 2.38. The molecule has 2 rings (SSSR count). The van der Waals surface area contributed by atoms with E-state index in [-0.39, 0.29) is 12.2 Å². The molecule has 0 aliphatic carbocycles. The van der Waals surface area contributed by atoms with E-state index in [0.29, 0.717) is 10.0 Å². The lowest BCUT2D eigenvalue weighted by molar-refractivity contribution is 0.00578. The van der Waals surface area contributed by atoms with E-state index in [0.717, 1.165) is 5.46 Å². The quantitative estimate of drug-likeness (QED) is 0.828. The molecular weight excluding hydrogens is 350 g/mol. The Kier molecular flexibility index (Phi) is 4.55. The van der Waals surface area contributed by atoms with Gasteiger partial charge in [-0.25, -0.2) is 4.39 Å². The van der Waals surface area contributed by atoms with Gasteiger partial charge in [-0.1, -0.05) is 6.07 Å². The van der Waals surface area contributed by atoms with Gasteiger partial charge in [0.15, 0.2) is 0 Å². The van der Waals surface area contributed by atoms with E-state index in [1.54, 1.807) is 26.0 Å². The van der Waals surface area contributed by atoms with Crippen molar-refractivity contribution in [2.24, 2.45) is 0 Å². The fourth-order valence-electron chi connectivity index (χ4n) is 2.38. The van der Waals surface area contributed by atoms with Crippen LogP contribution in [0.15, 0.2) is 16.6 Å². The first-order chi connectivity index (χ1) is 9.82. The molecule has 122 valence electrons. The second-order valence-electron chi connectivity index (χ2n) is 7.55. The van der Waals surface area contributed by atoms with Gasteiger partial charge in [0.25, 0.3) is 0 Å². The van der Waals surface area contributed by atoms with E-state index in [1.165, 1.54) is 0 Å². The molecule has 1 fully saturated rings. The number of hydrogen-bond acceptors (Lipinski definition) is 3. The first kappa shape index (κ1) is 17.9. The van der Waals surface area contributed by atoms with Gasteiger partial charge in [-0.2, -0.15) is 0 Å². The summed E-state index contributed by atoms with van der Waals surface area (Å²) in [5.41, 5.74) is -0.712. The zero-order chi connectivity index (χ0) is 16.9. The van der Waals surface area contributed by atoms with E-state index < -0.39 is 23.9 Å². The van der Waals surface area contributed by atoms with Crippen molar-refractivity contribution < 1.29 is 18.8 Å². The standard InChI is InChI=1S/C16H23BBrFO3/c1-14(2,20)9-10-7-11(8-12(18)13(10)19)17-21-15(3,4)16(5,6)22-17/h7-8,20H,9H2,1-6H3. The molecule has 0 bridgehead atoms. The lowest BCUT2D eigenvalue weighted by Gasteiger charge is -2.32. The molecule has 3 nitrogen and oxygen atoms in total. The SMILES string of the molecule is CC(C)(O)Cc1cc(B2OC(C)(C)C(C)(C)O2)cc(Br)c1F. The van der Waals surface area contributed by atoms with Crippen LogP contribution in [-0.4, -0.2) is 29.0 Å². The smallest absolute Gasteiger partial charge is 0.399 e. The molecule has 22 heavy (non-hydrogen) atoms. The highest BCUT2D eigenvalue weighted by Crippen LogP contribution is 2.37. The van der Waals surface area contributed by atoms with Crippen LogP contribution < -0.4 is 5.46 Å². The van der Waals surface area contributed by atoms with Gasteiger partial charge in [-0.15, -0.1) is 0 Å². The molecule has 1 heterocycles. The van der Waals surface area contributed by atoms with Crippen LogP contribution in [0.3, 0.4) is 0 Å². The summed E-state index contributed by atoms with van der Waals surface area (Å²) in [5, 5.41) is 9.96. The molecule has 1 aromatic carbocycles. The van der Waals surface area contributed by atoms with E-state index in [2.05, 4.69) is 15.9 Å². The normalized spacial score (nSPS) is 20.5. The number of rotatable bonds is 3. The van der Waals surface area contributed by atoms with Crippen LogP contribution in [0.2, 0.25) is 0 Å². The summed E-state index contributed by atoms with van der Waals surface area (Å²) in [4.78, 5) is 0. The molecule has 0 atom stereocenters. The third-order valence-corrected chi connectivity index (χ3v) is 4.85. The molecule has 1 aliphatic rings. The molecule has 0 unspecified atom stereocenters. The zero-order valence-corrected chi connectivity index (χ0v) is 15.5. The van der Waals surface area contributed by atoms with Gasteiger partial charge in [0, 0.05) is 6.42 Å². The summed E-state index contributed by atoms with van der Waals surface area (Å²) in [5.74, 6) is -0.359. The highest BCUT2D eigenvalue weighted by Gasteiger charge is 2.51. The second-order valence-corrected chi connectivity index (χ2v) is 8.41. The average molecular weight is 373 g/mol. The minimum absolute atomic E-state index is 0.213. The Morgan fingerprint density at radius 2 is 1.68 bits per heavy atom. The Morgan fingerprint density at radius 1 is 1.18 bits per heavy atom. The zero-order valence-electron chi connectivity index (χ0n) is 14.0. The Labute approximate surface area is 140 Å². The molecule has 0 saturated carbocycles. The monoisotopic (exact) mass is 372 g/mol. The van der Waals surface area contributed by atoms with Gasteiger partial charge in [0.05, 0.1) is 21.3 Å². The van der Waals surface area contributed by atoms with Crippen LogP contribution >= 0.6 is 15.9 Å². The van der Waals surface area contributed by atoms with Crippen LogP contribution in [0.4, 0.5) is 4.39 Å². The molecule has 0 radical (unpaired) electrons. The van der Waals surface area contributed by atoms with Crippen LogP contribution in [0.25, 0.3) is 0 Å². The maximum atomic E-state index is 14.3. The van der Waals surface area contributed by atoms with Gasteiger partial charge in [-0.05, 0) is 74.6 Å². The molecule has 1 aliphatic heterocycles. The predicted octanol–water partition coefficient (Wildman–Crippen LogP) is 3.20. The van der Waals surface area contributed by atoms with E-state index >= 15 is 0 Å². The number of benzene rings is 1. The van der Waals surface area contributed by atoms with Gasteiger partial charge in [0.2, 0.25) is 0 Å². The van der Waals surface area contributed by atoms with Crippen molar-refractivity contribution in [1.29, 1.82) is 0 Å². The van der Waals surface area contributed by atoms with Crippen LogP contribution in [0.1, 0.15) is 47.1 Å². The average Bonchev–Trinajstić information content (AvgIpc) is 2.52. The van der Waals surface area contributed by atoms with Crippen LogP contribution in [0, 0.1) is 5.82 Å². The van der Waals surface area contributed by atoms with E-state index in [1.807, 2.05) is 27.7 Å². The fourth-order valence-corrected chi connectivity index (χ4v) is 2.90. The number of aliphatic hydroxyl groups is 1. The maximum absolute atomic E-state index is 14.3. The van der Waals surface area contributed by atoms with Crippen molar-refractivity contribution in [1.82, 2.24) is 0 Å². The number of hydrogen-bond donors (Lipinski definition) is 1. The lowest BCUT2D eigenvalue weighted by atomic mass is 9.77. The van der Waals surface area contributed by atoms with Crippen molar-refractivity contribution >= 4 is 28.5 Å². The summed E-state index contributed by atoms with van der Waals surface area (Å²) in [6.07, 6.45) is 0.213. The van der Waals surface area contributed by atoms with Crippen LogP contribution in [0.5, 0.6) is 0 Å². The Hall–Kier alpha value is -0.425. The summed E-state index contributed by atoms with van der Waals surface area (Å²) in [7, 11) is -0.553. The van der Waals surface area contributed by atoms with Crippen molar-refractivity contribution in [3.05, 3.63) is 28.0 Å². The number of halogens is 2. The third-order valence-electron chi connectivity index (χ3n) is 4.27. The van der Waals surface area contributed by atoms with Crippen molar-refractivity contribution in [2.45, 2.75) is 64.8 Å². The first-order valence-electron chi connectivity index (χ1n) is 7.38. The highest BCUT2D eigenvalue weighted by atomic mass is 79.9. The minimum Gasteiger partial charge on any atom is -0.399 e. The van der Waals surface area contributed by atoms with Gasteiger partial charge >= 0.3 is 7.12 Å². The van der Waals surface area contributed by atoms with Crippen molar-refractivity contribution in [3.8, 4) is 0 Å². The molecule has 0 amide bonds. The van der Waals surface area contributed by atoms with Crippen LogP contribution in [-0.2, 0) is 15.7 Å². The molecule has 6 heteroatoms. The molecule has 0 spiro atoms. The summed E-state index contributed by atoms with van der Waals surface area (Å²) < 4.78 is 26.6. The minimum atomic E-state index is -0.991. The topological polar surface area (TPSA) is 38.7 Å². The fraction of sp³-hybridized carbons (Fsp3) is 0.625. The molecular formula is C16H23BBrFO3. The van der Waals surface area contributed by atoms with E-state index in [9.17, 15) is 9.50 Å². The largest absolute Gasteiger partial charge is 0.494 e. The maximum Gasteiger partial charge on any atom is 0.494 e. The first-order valence-corrected chi connectivity index (χ1v) is 8.17. The predicted molar refractivity (Wildman–Crippen MR) is 89.8 cm³/mol. The summed E-state index contributed by atoms with van der Waals surface area (Å²) in [6.45, 7) is 11.2. The molecule has 1 N–H and O–H groups in total. The van der Waals surface area contributed by atoms with E-state index in [4.69, 9.17) is 9.31 Å². The lowest BCUT2D eigenvalue weighted by Crippen LogP contribution is -2.41. The Bertz CT molecular complexity index is 565. The molecule has 0 aromatic heterocycles. The second kappa shape index (κ2) is 5.58. The summed E-state index contributed by atoms with van der Waals surface area (Å²) in [6, 6.07) is 3.38. The van der Waals surface area contributed by atoms with Gasteiger partial charge in [0.1, 0.15) is 5.82 Å². The highest BCUT2D eigenvalue weighted by molar-refractivity contribution is 9.10. The third kappa shape index (κ3) is 3.56. The molecule has 1 saturated heterocycles. The Morgan fingerprint density at radius 3 is 2.14 bits per heavy atom. The van der Waals surface area contributed by atoms with Crippen molar-refractivity contribution in [2.75, 3.05) is 0 Å². The molecule has 1 aromatic rings.